The van der Waals surface area contributed by atoms with Gasteiger partial charge in [-0.05, 0) is 90.9 Å². The molecule has 1 aliphatic heterocycles. The monoisotopic (exact) mass is 553 g/mol. The summed E-state index contributed by atoms with van der Waals surface area (Å²) in [6.07, 6.45) is 2.98. The van der Waals surface area contributed by atoms with E-state index in [0.717, 1.165) is 51.1 Å². The average Bonchev–Trinajstić information content (AvgIpc) is 3.58. The summed E-state index contributed by atoms with van der Waals surface area (Å²) in [5, 5.41) is 0. The van der Waals surface area contributed by atoms with E-state index in [1.54, 1.807) is 19.4 Å². The predicted molar refractivity (Wildman–Crippen MR) is 154 cm³/mol. The van der Waals surface area contributed by atoms with Crippen LogP contribution in [0.1, 0.15) is 52.7 Å². The lowest BCUT2D eigenvalue weighted by molar-refractivity contribution is -0.141. The van der Waals surface area contributed by atoms with Gasteiger partial charge >= 0.3 is 5.97 Å². The second-order valence-corrected chi connectivity index (χ2v) is 10.7. The highest BCUT2D eigenvalue weighted by atomic mass is 19.1. The summed E-state index contributed by atoms with van der Waals surface area (Å²) in [4.78, 5) is 16.3. The van der Waals surface area contributed by atoms with Crippen LogP contribution in [0.5, 0.6) is 17.2 Å². The van der Waals surface area contributed by atoms with Gasteiger partial charge in [0.1, 0.15) is 29.2 Å². The van der Waals surface area contributed by atoms with E-state index >= 15 is 4.39 Å². The van der Waals surface area contributed by atoms with Crippen molar-refractivity contribution in [2.75, 3.05) is 20.8 Å². The molecular weight excluding hydrogens is 521 g/mol. The average molecular weight is 554 g/mol. The molecule has 1 aliphatic carbocycles. The molecule has 2 aliphatic rings. The maximum absolute atomic E-state index is 15.3. The summed E-state index contributed by atoms with van der Waals surface area (Å²) in [6.45, 7) is 4.60. The van der Waals surface area contributed by atoms with E-state index in [9.17, 15) is 4.79 Å². The number of esters is 1. The Balaban J connectivity index is 1.28. The van der Waals surface area contributed by atoms with Crippen molar-refractivity contribution in [2.24, 2.45) is 0 Å². The summed E-state index contributed by atoms with van der Waals surface area (Å²) < 4.78 is 37.6. The molecule has 0 saturated heterocycles. The smallest absolute Gasteiger partial charge is 0.306 e. The fourth-order valence-electron chi connectivity index (χ4n) is 6.18. The third kappa shape index (κ3) is 5.01. The van der Waals surface area contributed by atoms with E-state index in [4.69, 9.17) is 18.9 Å². The van der Waals surface area contributed by atoms with E-state index < -0.39 is 6.10 Å². The van der Waals surface area contributed by atoms with Gasteiger partial charge in [0, 0.05) is 28.7 Å². The van der Waals surface area contributed by atoms with Crippen LogP contribution in [0.15, 0.2) is 60.8 Å². The quantitative estimate of drug-likeness (QED) is 0.224. The number of pyridine rings is 1. The number of aryl methyl sites for hydroxylation is 2. The van der Waals surface area contributed by atoms with Crippen molar-refractivity contribution < 1.29 is 28.1 Å². The maximum Gasteiger partial charge on any atom is 0.306 e. The first kappa shape index (κ1) is 26.8. The SMILES string of the molecule is COC(=O)CC1COc2cc(O[C@@H]3CCc4c(-c5c(C)cc(-c6ccc(OC)cn6)cc5C)ccc(F)c43)ccc21. The lowest BCUT2D eigenvalue weighted by Crippen LogP contribution is -2.09. The number of fused-ring (bicyclic) bond motifs is 2. The molecule has 1 unspecified atom stereocenters. The van der Waals surface area contributed by atoms with Crippen molar-refractivity contribution in [3.05, 3.63) is 94.4 Å². The fourth-order valence-corrected chi connectivity index (χ4v) is 6.18. The van der Waals surface area contributed by atoms with Gasteiger partial charge in [0.05, 0.1) is 39.1 Å². The highest BCUT2D eigenvalue weighted by Crippen LogP contribution is 2.45. The van der Waals surface area contributed by atoms with Crippen LogP contribution in [0.2, 0.25) is 0 Å². The predicted octanol–water partition coefficient (Wildman–Crippen LogP) is 7.29. The number of ether oxygens (including phenoxy) is 4. The van der Waals surface area contributed by atoms with Gasteiger partial charge in [-0.1, -0.05) is 12.1 Å². The number of aromatic nitrogens is 1. The van der Waals surface area contributed by atoms with Crippen LogP contribution in [-0.4, -0.2) is 31.8 Å². The second kappa shape index (κ2) is 10.9. The Morgan fingerprint density at radius 3 is 2.51 bits per heavy atom. The van der Waals surface area contributed by atoms with Crippen LogP contribution in [0.4, 0.5) is 4.39 Å². The normalized spacial score (nSPS) is 17.0. The number of carbonyl (C=O) groups is 1. The van der Waals surface area contributed by atoms with Gasteiger partial charge in [0.2, 0.25) is 0 Å². The number of rotatable bonds is 7. The minimum atomic E-state index is -0.404. The zero-order chi connectivity index (χ0) is 28.7. The standard InChI is InChI=1S/C34H32FNO5/c1-19-13-21(29-11-6-24(38-3)17-36-29)14-20(2)33(19)26-8-10-28(35)34-27(26)9-12-30(34)41-23-5-7-25-22(15-32(37)39-4)18-40-31(25)16-23/h5-8,10-11,13-14,16-17,22,30H,9,12,15,18H2,1-4H3/t22?,30-/m1/s1. The molecule has 2 heterocycles. The van der Waals surface area contributed by atoms with Gasteiger partial charge in [0.15, 0.2) is 0 Å². The molecule has 0 saturated carbocycles. The number of methoxy groups -OCH3 is 2. The van der Waals surface area contributed by atoms with E-state index in [2.05, 4.69) is 31.0 Å². The molecule has 210 valence electrons. The molecule has 0 spiro atoms. The molecule has 0 fully saturated rings. The zero-order valence-corrected chi connectivity index (χ0v) is 23.6. The number of benzene rings is 3. The van der Waals surface area contributed by atoms with Gasteiger partial charge in [-0.25, -0.2) is 4.39 Å². The largest absolute Gasteiger partial charge is 0.495 e. The maximum atomic E-state index is 15.3. The Hall–Kier alpha value is -4.39. The highest BCUT2D eigenvalue weighted by molar-refractivity contribution is 5.79. The van der Waals surface area contributed by atoms with Crippen molar-refractivity contribution in [1.82, 2.24) is 4.98 Å². The number of hydrogen-bond donors (Lipinski definition) is 0. The second-order valence-electron chi connectivity index (χ2n) is 10.7. The van der Waals surface area contributed by atoms with E-state index in [1.807, 2.05) is 36.4 Å². The van der Waals surface area contributed by atoms with Gasteiger partial charge in [-0.3, -0.25) is 9.78 Å². The van der Waals surface area contributed by atoms with E-state index in [-0.39, 0.29) is 24.1 Å². The summed E-state index contributed by atoms with van der Waals surface area (Å²) in [5.41, 5.74) is 8.83. The Morgan fingerprint density at radius 2 is 1.80 bits per heavy atom. The van der Waals surface area contributed by atoms with Crippen LogP contribution < -0.4 is 14.2 Å². The number of halogens is 1. The first-order chi connectivity index (χ1) is 19.9. The molecule has 0 radical (unpaired) electrons. The molecule has 1 aromatic heterocycles. The summed E-state index contributed by atoms with van der Waals surface area (Å²) in [5.74, 6) is 1.47. The lowest BCUT2D eigenvalue weighted by Gasteiger charge is -2.19. The molecule has 0 N–H and O–H groups in total. The third-order valence-electron chi connectivity index (χ3n) is 8.14. The molecule has 0 bridgehead atoms. The van der Waals surface area contributed by atoms with Crippen LogP contribution >= 0.6 is 0 Å². The molecule has 6 nitrogen and oxygen atoms in total. The zero-order valence-electron chi connectivity index (χ0n) is 23.6. The molecule has 6 rings (SSSR count). The van der Waals surface area contributed by atoms with Gasteiger partial charge in [-0.2, -0.15) is 0 Å². The number of carbonyl (C=O) groups excluding carboxylic acids is 1. The Morgan fingerprint density at radius 1 is 1.02 bits per heavy atom. The Bertz CT molecular complexity index is 1610. The number of nitrogens with zero attached hydrogens (tertiary/aromatic N) is 1. The lowest BCUT2D eigenvalue weighted by atomic mass is 9.88. The molecule has 7 heteroatoms. The van der Waals surface area contributed by atoms with E-state index in [1.165, 1.54) is 7.11 Å². The van der Waals surface area contributed by atoms with Gasteiger partial charge < -0.3 is 18.9 Å². The molecule has 41 heavy (non-hydrogen) atoms. The van der Waals surface area contributed by atoms with Crippen molar-refractivity contribution >= 4 is 5.97 Å². The molecular formula is C34H32FNO5. The van der Waals surface area contributed by atoms with Crippen LogP contribution in [0.3, 0.4) is 0 Å². The topological polar surface area (TPSA) is 66.9 Å². The first-order valence-corrected chi connectivity index (χ1v) is 13.8. The Labute approximate surface area is 239 Å². The van der Waals surface area contributed by atoms with Crippen molar-refractivity contribution in [3.63, 3.8) is 0 Å². The molecule has 2 atom stereocenters. The first-order valence-electron chi connectivity index (χ1n) is 13.8. The third-order valence-corrected chi connectivity index (χ3v) is 8.14. The minimum Gasteiger partial charge on any atom is -0.495 e. The van der Waals surface area contributed by atoms with Crippen LogP contribution in [0.25, 0.3) is 22.4 Å². The van der Waals surface area contributed by atoms with Crippen LogP contribution in [-0.2, 0) is 16.0 Å². The van der Waals surface area contributed by atoms with Gasteiger partial charge in [0.25, 0.3) is 0 Å². The molecule has 0 amide bonds. The highest BCUT2D eigenvalue weighted by Gasteiger charge is 2.32. The van der Waals surface area contributed by atoms with Gasteiger partial charge in [-0.15, -0.1) is 0 Å². The Kier molecular flexibility index (Phi) is 7.12. The summed E-state index contributed by atoms with van der Waals surface area (Å²) in [6, 6.07) is 17.2. The minimum absolute atomic E-state index is 0.0444. The van der Waals surface area contributed by atoms with Crippen LogP contribution in [0, 0.1) is 19.7 Å². The number of hydrogen-bond acceptors (Lipinski definition) is 6. The van der Waals surface area contributed by atoms with Crippen molar-refractivity contribution in [1.29, 1.82) is 0 Å². The van der Waals surface area contributed by atoms with Crippen molar-refractivity contribution in [2.45, 2.75) is 45.1 Å². The fraction of sp³-hybridized carbons (Fsp3) is 0.294. The van der Waals surface area contributed by atoms with Crippen molar-refractivity contribution in [3.8, 4) is 39.6 Å². The summed E-state index contributed by atoms with van der Waals surface area (Å²) in [7, 11) is 3.01. The molecule has 4 aromatic rings. The van der Waals surface area contributed by atoms with E-state index in [0.29, 0.717) is 35.8 Å². The summed E-state index contributed by atoms with van der Waals surface area (Å²) >= 11 is 0. The molecule has 3 aromatic carbocycles.